The molecule has 1 amide bonds. The van der Waals surface area contributed by atoms with E-state index in [1.54, 1.807) is 42.5 Å². The normalized spacial score (nSPS) is 15.6. The number of hydrogen-bond donors (Lipinski definition) is 1. The second-order valence-corrected chi connectivity index (χ2v) is 9.92. The maximum absolute atomic E-state index is 13.5. The first-order valence-corrected chi connectivity index (χ1v) is 12.5. The van der Waals surface area contributed by atoms with Gasteiger partial charge in [0.25, 0.3) is 10.0 Å². The van der Waals surface area contributed by atoms with Crippen LogP contribution in [0.5, 0.6) is 0 Å². The number of amides is 1. The lowest BCUT2D eigenvalue weighted by Crippen LogP contribution is -2.42. The smallest absolute Gasteiger partial charge is 0.264 e. The quantitative estimate of drug-likeness (QED) is 0.573. The van der Waals surface area contributed by atoms with E-state index in [0.717, 1.165) is 36.8 Å². The third-order valence-electron chi connectivity index (χ3n) is 5.96. The van der Waals surface area contributed by atoms with Crippen LogP contribution in [0.4, 0.5) is 5.69 Å². The number of benzene rings is 3. The van der Waals surface area contributed by atoms with Gasteiger partial charge >= 0.3 is 0 Å². The average Bonchev–Trinajstić information content (AvgIpc) is 2.83. The number of nitrogens with zero attached hydrogens (tertiary/aromatic N) is 1. The largest absolute Gasteiger partial charge is 0.348 e. The Morgan fingerprint density at radius 3 is 2.38 bits per heavy atom. The molecule has 0 saturated carbocycles. The van der Waals surface area contributed by atoms with Gasteiger partial charge in [-0.2, -0.15) is 0 Å². The molecule has 0 aromatic heterocycles. The highest BCUT2D eigenvalue weighted by molar-refractivity contribution is 7.92. The van der Waals surface area contributed by atoms with Gasteiger partial charge in [0.1, 0.15) is 6.54 Å². The Morgan fingerprint density at radius 2 is 1.66 bits per heavy atom. The Kier molecular flexibility index (Phi) is 6.61. The van der Waals surface area contributed by atoms with E-state index >= 15 is 0 Å². The summed E-state index contributed by atoms with van der Waals surface area (Å²) in [5.41, 5.74) is 3.95. The summed E-state index contributed by atoms with van der Waals surface area (Å²) in [5.74, 6) is -0.314. The third-order valence-corrected chi connectivity index (χ3v) is 7.74. The predicted octanol–water partition coefficient (Wildman–Crippen LogP) is 4.64. The standard InChI is InChI=1S/C26H28N2O3S/c1-2-20-15-17-22(18-16-20)28(32(30,31)23-11-4-3-5-12-23)19-26(29)27-25-14-8-10-21-9-6-7-13-24(21)25/h3-7,9,11-13,15-18,25H,2,8,10,14,19H2,1H3,(H,27,29)/t25-/m1/s1. The molecule has 1 N–H and O–H groups in total. The maximum Gasteiger partial charge on any atom is 0.264 e. The molecule has 1 atom stereocenters. The highest BCUT2D eigenvalue weighted by atomic mass is 32.2. The topological polar surface area (TPSA) is 66.5 Å². The summed E-state index contributed by atoms with van der Waals surface area (Å²) in [6.45, 7) is 1.77. The average molecular weight is 449 g/mol. The number of carbonyl (C=O) groups is 1. The number of rotatable bonds is 7. The van der Waals surface area contributed by atoms with Crippen molar-refractivity contribution >= 4 is 21.6 Å². The van der Waals surface area contributed by atoms with Crippen molar-refractivity contribution in [1.82, 2.24) is 5.32 Å². The Labute approximate surface area is 190 Å². The van der Waals surface area contributed by atoms with Crippen molar-refractivity contribution in [2.24, 2.45) is 0 Å². The molecule has 5 nitrogen and oxygen atoms in total. The Bertz CT molecular complexity index is 1180. The van der Waals surface area contributed by atoms with Crippen LogP contribution in [-0.2, 0) is 27.7 Å². The van der Waals surface area contributed by atoms with Crippen molar-refractivity contribution in [3.63, 3.8) is 0 Å². The molecule has 0 saturated heterocycles. The molecule has 4 rings (SSSR count). The highest BCUT2D eigenvalue weighted by Gasteiger charge is 2.29. The van der Waals surface area contributed by atoms with Gasteiger partial charge in [0, 0.05) is 0 Å². The molecule has 6 heteroatoms. The fourth-order valence-electron chi connectivity index (χ4n) is 4.21. The van der Waals surface area contributed by atoms with Gasteiger partial charge in [-0.3, -0.25) is 9.10 Å². The second kappa shape index (κ2) is 9.57. The molecule has 0 unspecified atom stereocenters. The first kappa shape index (κ1) is 22.1. The van der Waals surface area contributed by atoms with Gasteiger partial charge in [-0.15, -0.1) is 0 Å². The van der Waals surface area contributed by atoms with Gasteiger partial charge in [-0.05, 0) is 66.6 Å². The monoisotopic (exact) mass is 448 g/mol. The number of hydrogen-bond acceptors (Lipinski definition) is 3. The Balaban J connectivity index is 1.61. The molecule has 32 heavy (non-hydrogen) atoms. The number of anilines is 1. The zero-order valence-electron chi connectivity index (χ0n) is 18.2. The van der Waals surface area contributed by atoms with Crippen molar-refractivity contribution < 1.29 is 13.2 Å². The summed E-state index contributed by atoms with van der Waals surface area (Å²) in [5, 5.41) is 3.08. The van der Waals surface area contributed by atoms with Gasteiger partial charge < -0.3 is 5.32 Å². The minimum absolute atomic E-state index is 0.101. The number of aryl methyl sites for hydroxylation is 2. The minimum atomic E-state index is -3.90. The van der Waals surface area contributed by atoms with Crippen LogP contribution in [-0.4, -0.2) is 20.9 Å². The molecule has 0 aliphatic heterocycles. The Morgan fingerprint density at radius 1 is 0.969 bits per heavy atom. The van der Waals surface area contributed by atoms with Crippen LogP contribution in [0, 0.1) is 0 Å². The fourth-order valence-corrected chi connectivity index (χ4v) is 5.65. The van der Waals surface area contributed by atoms with Crippen LogP contribution in [0.3, 0.4) is 0 Å². The number of carbonyl (C=O) groups excluding carboxylic acids is 1. The second-order valence-electron chi connectivity index (χ2n) is 8.06. The van der Waals surface area contributed by atoms with Gasteiger partial charge in [0.05, 0.1) is 16.6 Å². The minimum Gasteiger partial charge on any atom is -0.348 e. The van der Waals surface area contributed by atoms with E-state index in [9.17, 15) is 13.2 Å². The lowest BCUT2D eigenvalue weighted by atomic mass is 9.88. The summed E-state index contributed by atoms with van der Waals surface area (Å²) in [6, 6.07) is 23.6. The van der Waals surface area contributed by atoms with Crippen molar-refractivity contribution in [3.8, 4) is 0 Å². The van der Waals surface area contributed by atoms with Crippen molar-refractivity contribution in [2.75, 3.05) is 10.8 Å². The van der Waals surface area contributed by atoms with Gasteiger partial charge in [0.15, 0.2) is 0 Å². The third kappa shape index (κ3) is 4.70. The number of sulfonamides is 1. The molecule has 0 fully saturated rings. The van der Waals surface area contributed by atoms with E-state index in [1.807, 2.05) is 37.3 Å². The van der Waals surface area contributed by atoms with Crippen LogP contribution < -0.4 is 9.62 Å². The number of nitrogens with one attached hydrogen (secondary N) is 1. The zero-order valence-corrected chi connectivity index (χ0v) is 19.0. The van der Waals surface area contributed by atoms with Crippen LogP contribution >= 0.6 is 0 Å². The van der Waals surface area contributed by atoms with Crippen molar-refractivity contribution in [3.05, 3.63) is 95.6 Å². The van der Waals surface area contributed by atoms with E-state index in [4.69, 9.17) is 0 Å². The molecule has 3 aromatic rings. The molecule has 0 radical (unpaired) electrons. The fraction of sp³-hybridized carbons (Fsp3) is 0.269. The predicted molar refractivity (Wildman–Crippen MR) is 127 cm³/mol. The van der Waals surface area contributed by atoms with Crippen molar-refractivity contribution in [2.45, 2.75) is 43.5 Å². The molecular weight excluding hydrogens is 420 g/mol. The molecular formula is C26H28N2O3S. The lowest BCUT2D eigenvalue weighted by Gasteiger charge is -2.29. The molecule has 1 aliphatic rings. The summed E-state index contributed by atoms with van der Waals surface area (Å²) in [7, 11) is -3.90. The zero-order chi connectivity index (χ0) is 22.6. The summed E-state index contributed by atoms with van der Waals surface area (Å²) < 4.78 is 28.1. The molecule has 1 aliphatic carbocycles. The SMILES string of the molecule is CCc1ccc(N(CC(=O)N[C@@H]2CCCc3ccccc32)S(=O)(=O)c2ccccc2)cc1. The van der Waals surface area contributed by atoms with Crippen LogP contribution in [0.15, 0.2) is 83.8 Å². The molecule has 0 bridgehead atoms. The molecule has 166 valence electrons. The van der Waals surface area contributed by atoms with Crippen molar-refractivity contribution in [1.29, 1.82) is 0 Å². The molecule has 3 aromatic carbocycles. The maximum atomic E-state index is 13.5. The van der Waals surface area contributed by atoms with Gasteiger partial charge in [-0.25, -0.2) is 8.42 Å². The first-order chi connectivity index (χ1) is 15.5. The van der Waals surface area contributed by atoms with Gasteiger partial charge in [-0.1, -0.05) is 61.5 Å². The van der Waals surface area contributed by atoms with Crippen LogP contribution in [0.1, 0.15) is 42.5 Å². The molecule has 0 spiro atoms. The van der Waals surface area contributed by atoms with E-state index in [2.05, 4.69) is 11.4 Å². The van der Waals surface area contributed by atoms with E-state index in [-0.39, 0.29) is 23.4 Å². The van der Waals surface area contributed by atoms with Crippen LogP contribution in [0.2, 0.25) is 0 Å². The highest BCUT2D eigenvalue weighted by Crippen LogP contribution is 2.30. The summed E-state index contributed by atoms with van der Waals surface area (Å²) in [6.07, 6.45) is 3.69. The summed E-state index contributed by atoms with van der Waals surface area (Å²) in [4.78, 5) is 13.3. The molecule has 0 heterocycles. The summed E-state index contributed by atoms with van der Waals surface area (Å²) >= 11 is 0. The van der Waals surface area contributed by atoms with Crippen LogP contribution in [0.25, 0.3) is 0 Å². The lowest BCUT2D eigenvalue weighted by molar-refractivity contribution is -0.120. The Hall–Kier alpha value is -3.12. The van der Waals surface area contributed by atoms with E-state index in [1.165, 1.54) is 9.87 Å². The van der Waals surface area contributed by atoms with E-state index < -0.39 is 10.0 Å². The first-order valence-electron chi connectivity index (χ1n) is 11.0. The number of fused-ring (bicyclic) bond motifs is 1. The van der Waals surface area contributed by atoms with E-state index in [0.29, 0.717) is 5.69 Å². The van der Waals surface area contributed by atoms with Gasteiger partial charge in [0.2, 0.25) is 5.91 Å².